The zero-order chi connectivity index (χ0) is 13.0. The molecule has 0 bridgehead atoms. The highest BCUT2D eigenvalue weighted by Gasteiger charge is 2.05. The van der Waals surface area contributed by atoms with E-state index in [4.69, 9.17) is 16.9 Å². The van der Waals surface area contributed by atoms with Crippen molar-refractivity contribution < 1.29 is 0 Å². The van der Waals surface area contributed by atoms with Gasteiger partial charge in [0.1, 0.15) is 5.15 Å². The average molecular weight is 258 g/mol. The first-order valence-corrected chi connectivity index (χ1v) is 5.89. The Morgan fingerprint density at radius 2 is 2.00 bits per heavy atom. The summed E-state index contributed by atoms with van der Waals surface area (Å²) in [6.07, 6.45) is 1.67. The van der Waals surface area contributed by atoms with Crippen molar-refractivity contribution in [3.05, 3.63) is 58.9 Å². The zero-order valence-corrected chi connectivity index (χ0v) is 10.7. The Morgan fingerprint density at radius 1 is 1.28 bits per heavy atom. The van der Waals surface area contributed by atoms with Crippen molar-refractivity contribution in [3.63, 3.8) is 0 Å². The summed E-state index contributed by atoms with van der Waals surface area (Å²) in [5, 5.41) is 9.28. The zero-order valence-electron chi connectivity index (χ0n) is 9.97. The lowest BCUT2D eigenvalue weighted by molar-refractivity contribution is 0.915. The molecule has 0 aliphatic heterocycles. The molecule has 2 rings (SSSR count). The molecule has 1 aromatic heterocycles. The lowest BCUT2D eigenvalue weighted by atomic mass is 10.2. The second kappa shape index (κ2) is 5.52. The first-order valence-electron chi connectivity index (χ1n) is 5.51. The molecule has 0 N–H and O–H groups in total. The van der Waals surface area contributed by atoms with Gasteiger partial charge in [-0.15, -0.1) is 0 Å². The molecule has 0 aliphatic rings. The number of aromatic nitrogens is 1. The third-order valence-corrected chi connectivity index (χ3v) is 3.02. The molecule has 0 aliphatic carbocycles. The number of nitrogens with zero attached hydrogens (tertiary/aromatic N) is 3. The predicted octanol–water partition coefficient (Wildman–Crippen LogP) is 3.24. The van der Waals surface area contributed by atoms with E-state index in [1.54, 1.807) is 18.3 Å². The summed E-state index contributed by atoms with van der Waals surface area (Å²) < 4.78 is 0. The predicted molar refractivity (Wildman–Crippen MR) is 72.5 cm³/mol. The van der Waals surface area contributed by atoms with E-state index >= 15 is 0 Å². The molecule has 90 valence electrons. The SMILES string of the molecule is CN(Cc1cccnc1Cl)c1ccc(C#N)cc1. The quantitative estimate of drug-likeness (QED) is 0.793. The molecule has 0 saturated carbocycles. The Hall–Kier alpha value is -2.05. The lowest BCUT2D eigenvalue weighted by Crippen LogP contribution is -2.16. The summed E-state index contributed by atoms with van der Waals surface area (Å²) in [4.78, 5) is 6.11. The van der Waals surface area contributed by atoms with E-state index in [2.05, 4.69) is 16.0 Å². The van der Waals surface area contributed by atoms with Crippen LogP contribution in [0.4, 0.5) is 5.69 Å². The smallest absolute Gasteiger partial charge is 0.133 e. The van der Waals surface area contributed by atoms with Crippen molar-refractivity contribution in [2.75, 3.05) is 11.9 Å². The van der Waals surface area contributed by atoms with E-state index in [9.17, 15) is 0 Å². The number of anilines is 1. The number of pyridine rings is 1. The van der Waals surface area contributed by atoms with Gasteiger partial charge in [-0.1, -0.05) is 17.7 Å². The Kier molecular flexibility index (Phi) is 3.81. The Morgan fingerprint density at radius 3 is 2.61 bits per heavy atom. The van der Waals surface area contributed by atoms with Gasteiger partial charge in [-0.2, -0.15) is 5.26 Å². The van der Waals surface area contributed by atoms with Gasteiger partial charge < -0.3 is 4.90 Å². The highest BCUT2D eigenvalue weighted by Crippen LogP contribution is 2.19. The van der Waals surface area contributed by atoms with Gasteiger partial charge in [-0.05, 0) is 30.3 Å². The largest absolute Gasteiger partial charge is 0.370 e. The molecular formula is C14H12ClN3. The molecule has 0 saturated heterocycles. The van der Waals surface area contributed by atoms with Crippen LogP contribution in [-0.2, 0) is 6.54 Å². The fourth-order valence-corrected chi connectivity index (χ4v) is 1.85. The van der Waals surface area contributed by atoms with Crippen LogP contribution in [-0.4, -0.2) is 12.0 Å². The molecular weight excluding hydrogens is 246 g/mol. The van der Waals surface area contributed by atoms with Crippen LogP contribution in [0.3, 0.4) is 0 Å². The van der Waals surface area contributed by atoms with Crippen LogP contribution in [0, 0.1) is 11.3 Å². The van der Waals surface area contributed by atoms with Gasteiger partial charge in [-0.25, -0.2) is 4.98 Å². The number of hydrogen-bond donors (Lipinski definition) is 0. The second-order valence-corrected chi connectivity index (χ2v) is 4.33. The summed E-state index contributed by atoms with van der Waals surface area (Å²) in [5.41, 5.74) is 2.67. The van der Waals surface area contributed by atoms with E-state index in [-0.39, 0.29) is 0 Å². The Balaban J connectivity index is 2.15. The van der Waals surface area contributed by atoms with Crippen LogP contribution in [0.15, 0.2) is 42.6 Å². The molecule has 0 amide bonds. The van der Waals surface area contributed by atoms with Gasteiger partial charge in [0.15, 0.2) is 0 Å². The maximum atomic E-state index is 8.75. The fraction of sp³-hybridized carbons (Fsp3) is 0.143. The van der Waals surface area contributed by atoms with Crippen LogP contribution >= 0.6 is 11.6 Å². The van der Waals surface area contributed by atoms with Crippen molar-refractivity contribution >= 4 is 17.3 Å². The Bertz CT molecular complexity index is 572. The molecule has 0 atom stereocenters. The summed E-state index contributed by atoms with van der Waals surface area (Å²) in [5.74, 6) is 0. The Labute approximate surface area is 111 Å². The minimum atomic E-state index is 0.526. The normalized spacial score (nSPS) is 9.83. The van der Waals surface area contributed by atoms with Gasteiger partial charge in [0.05, 0.1) is 11.6 Å². The lowest BCUT2D eigenvalue weighted by Gasteiger charge is -2.19. The topological polar surface area (TPSA) is 39.9 Å². The van der Waals surface area contributed by atoms with Crippen LogP contribution in [0.1, 0.15) is 11.1 Å². The van der Waals surface area contributed by atoms with Crippen LogP contribution in [0.25, 0.3) is 0 Å². The molecule has 18 heavy (non-hydrogen) atoms. The summed E-state index contributed by atoms with van der Waals surface area (Å²) in [6.45, 7) is 0.679. The number of nitriles is 1. The molecule has 0 fully saturated rings. The minimum Gasteiger partial charge on any atom is -0.370 e. The van der Waals surface area contributed by atoms with Gasteiger partial charge in [0.25, 0.3) is 0 Å². The van der Waals surface area contributed by atoms with Gasteiger partial charge in [0, 0.05) is 31.0 Å². The van der Waals surface area contributed by atoms with Crippen molar-refractivity contribution in [1.82, 2.24) is 4.98 Å². The summed E-state index contributed by atoms with van der Waals surface area (Å²) >= 11 is 6.02. The van der Waals surface area contributed by atoms with Crippen LogP contribution in [0.5, 0.6) is 0 Å². The fourth-order valence-electron chi connectivity index (χ4n) is 1.67. The molecule has 3 nitrogen and oxygen atoms in total. The standard InChI is InChI=1S/C14H12ClN3/c1-18(10-12-3-2-8-17-14(12)15)13-6-4-11(9-16)5-7-13/h2-8H,10H2,1H3. The maximum Gasteiger partial charge on any atom is 0.133 e. The molecule has 1 heterocycles. The molecule has 0 radical (unpaired) electrons. The van der Waals surface area contributed by atoms with E-state index in [1.807, 2.05) is 31.3 Å². The summed E-state index contributed by atoms with van der Waals surface area (Å²) in [7, 11) is 1.98. The van der Waals surface area contributed by atoms with Gasteiger partial charge in [-0.3, -0.25) is 0 Å². The van der Waals surface area contributed by atoms with Crippen molar-refractivity contribution in [2.45, 2.75) is 6.54 Å². The first-order chi connectivity index (χ1) is 8.70. The highest BCUT2D eigenvalue weighted by atomic mass is 35.5. The first kappa shape index (κ1) is 12.4. The second-order valence-electron chi connectivity index (χ2n) is 3.97. The third kappa shape index (κ3) is 2.79. The number of rotatable bonds is 3. The van der Waals surface area contributed by atoms with Crippen molar-refractivity contribution in [3.8, 4) is 6.07 Å². The number of benzene rings is 1. The third-order valence-electron chi connectivity index (χ3n) is 2.68. The maximum absolute atomic E-state index is 8.75. The van der Waals surface area contributed by atoms with Crippen LogP contribution < -0.4 is 4.90 Å². The number of hydrogen-bond acceptors (Lipinski definition) is 3. The monoisotopic (exact) mass is 257 g/mol. The molecule has 2 aromatic rings. The highest BCUT2D eigenvalue weighted by molar-refractivity contribution is 6.30. The van der Waals surface area contributed by atoms with E-state index in [0.29, 0.717) is 17.3 Å². The molecule has 4 heteroatoms. The molecule has 0 unspecified atom stereocenters. The molecule has 1 aromatic carbocycles. The van der Waals surface area contributed by atoms with E-state index in [0.717, 1.165) is 11.3 Å². The van der Waals surface area contributed by atoms with Crippen molar-refractivity contribution in [1.29, 1.82) is 5.26 Å². The van der Waals surface area contributed by atoms with Crippen molar-refractivity contribution in [2.24, 2.45) is 0 Å². The van der Waals surface area contributed by atoms with Crippen LogP contribution in [0.2, 0.25) is 5.15 Å². The van der Waals surface area contributed by atoms with Gasteiger partial charge in [0.2, 0.25) is 0 Å². The molecule has 0 spiro atoms. The van der Waals surface area contributed by atoms with Gasteiger partial charge >= 0.3 is 0 Å². The average Bonchev–Trinajstić information content (AvgIpc) is 2.41. The minimum absolute atomic E-state index is 0.526. The van der Waals surface area contributed by atoms with E-state index in [1.165, 1.54) is 0 Å². The summed E-state index contributed by atoms with van der Waals surface area (Å²) in [6, 6.07) is 13.4. The van der Waals surface area contributed by atoms with E-state index < -0.39 is 0 Å². The number of halogens is 1.